The molecule has 0 aliphatic carbocycles. The molecule has 0 spiro atoms. The van der Waals surface area contributed by atoms with E-state index >= 15 is 0 Å². The molecule has 1 saturated heterocycles. The van der Waals surface area contributed by atoms with Crippen LogP contribution in [0.4, 0.5) is 13.2 Å². The summed E-state index contributed by atoms with van der Waals surface area (Å²) in [6, 6.07) is 2.32. The molecule has 6 heteroatoms. The summed E-state index contributed by atoms with van der Waals surface area (Å²) >= 11 is 0. The summed E-state index contributed by atoms with van der Waals surface area (Å²) in [7, 11) is 1.14. The Balaban J connectivity index is 2.26. The van der Waals surface area contributed by atoms with E-state index in [1.807, 2.05) is 0 Å². The van der Waals surface area contributed by atoms with Crippen LogP contribution >= 0.6 is 0 Å². The number of benzene rings is 1. The predicted octanol–water partition coefficient (Wildman–Crippen LogP) is 2.96. The maximum absolute atomic E-state index is 12.8. The Morgan fingerprint density at radius 2 is 2.15 bits per heavy atom. The van der Waals surface area contributed by atoms with E-state index in [0.29, 0.717) is 17.9 Å². The van der Waals surface area contributed by atoms with Crippen LogP contribution in [0.25, 0.3) is 0 Å². The van der Waals surface area contributed by atoms with Crippen molar-refractivity contribution >= 4 is 0 Å². The van der Waals surface area contributed by atoms with E-state index in [1.165, 1.54) is 6.07 Å². The molecule has 0 radical (unpaired) electrons. The Bertz CT molecular complexity index is 468. The lowest BCUT2D eigenvalue weighted by molar-refractivity contribution is -0.138. The van der Waals surface area contributed by atoms with E-state index in [9.17, 15) is 18.3 Å². The predicted molar refractivity (Wildman–Crippen MR) is 69.0 cm³/mol. The minimum absolute atomic E-state index is 0.330. The molecule has 2 rings (SSSR count). The third-order valence-electron chi connectivity index (χ3n) is 3.63. The van der Waals surface area contributed by atoms with E-state index in [0.717, 1.165) is 39.1 Å². The lowest BCUT2D eigenvalue weighted by Crippen LogP contribution is -2.30. The number of ether oxygens (including phenoxy) is 1. The van der Waals surface area contributed by atoms with Crippen molar-refractivity contribution in [1.29, 1.82) is 0 Å². The number of phenols is 1. The lowest BCUT2D eigenvalue weighted by atomic mass is 9.91. The highest BCUT2D eigenvalue weighted by Crippen LogP contribution is 2.43. The third-order valence-corrected chi connectivity index (χ3v) is 3.63. The largest absolute Gasteiger partial charge is 0.504 e. The van der Waals surface area contributed by atoms with Gasteiger partial charge in [-0.2, -0.15) is 13.2 Å². The van der Waals surface area contributed by atoms with E-state index in [-0.39, 0.29) is 0 Å². The molecule has 1 aliphatic heterocycles. The highest BCUT2D eigenvalue weighted by Gasteiger charge is 2.36. The van der Waals surface area contributed by atoms with Crippen molar-refractivity contribution in [1.82, 2.24) is 5.32 Å². The van der Waals surface area contributed by atoms with Crippen molar-refractivity contribution in [3.63, 3.8) is 0 Å². The van der Waals surface area contributed by atoms with Crippen molar-refractivity contribution < 1.29 is 23.0 Å². The maximum Gasteiger partial charge on any atom is 0.420 e. The molecule has 3 nitrogen and oxygen atoms in total. The average molecular weight is 289 g/mol. The molecule has 1 heterocycles. The molecule has 0 amide bonds. The molecule has 2 N–H and O–H groups in total. The Hall–Kier alpha value is -1.43. The van der Waals surface area contributed by atoms with Crippen LogP contribution in [-0.4, -0.2) is 25.3 Å². The molecule has 1 aromatic rings. The highest BCUT2D eigenvalue weighted by molar-refractivity contribution is 5.52. The number of piperidine rings is 1. The second kappa shape index (κ2) is 5.91. The average Bonchev–Trinajstić information content (AvgIpc) is 2.40. The first-order valence-corrected chi connectivity index (χ1v) is 6.60. The number of alkyl halides is 3. The quantitative estimate of drug-likeness (QED) is 0.899. The second-order valence-corrected chi connectivity index (χ2v) is 5.07. The van der Waals surface area contributed by atoms with Gasteiger partial charge in [-0.1, -0.05) is 6.07 Å². The number of hydrogen-bond acceptors (Lipinski definition) is 3. The number of rotatable bonds is 3. The van der Waals surface area contributed by atoms with Gasteiger partial charge in [0, 0.05) is 0 Å². The van der Waals surface area contributed by atoms with Gasteiger partial charge >= 0.3 is 6.18 Å². The van der Waals surface area contributed by atoms with Crippen molar-refractivity contribution in [3.8, 4) is 11.5 Å². The zero-order valence-corrected chi connectivity index (χ0v) is 11.3. The fraction of sp³-hybridized carbons (Fsp3) is 0.571. The van der Waals surface area contributed by atoms with Crippen LogP contribution in [0, 0.1) is 5.92 Å². The summed E-state index contributed by atoms with van der Waals surface area (Å²) in [5, 5.41) is 13.3. The third kappa shape index (κ3) is 3.17. The van der Waals surface area contributed by atoms with Crippen LogP contribution in [0.3, 0.4) is 0 Å². The van der Waals surface area contributed by atoms with Crippen LogP contribution in [0.2, 0.25) is 0 Å². The fourth-order valence-electron chi connectivity index (χ4n) is 2.62. The molecule has 1 atom stereocenters. The zero-order chi connectivity index (χ0) is 14.8. The Morgan fingerprint density at radius 1 is 1.40 bits per heavy atom. The van der Waals surface area contributed by atoms with Crippen molar-refractivity contribution in [3.05, 3.63) is 23.3 Å². The normalized spacial score (nSPS) is 19.9. The second-order valence-electron chi connectivity index (χ2n) is 5.07. The van der Waals surface area contributed by atoms with Crippen LogP contribution in [0.1, 0.15) is 24.0 Å². The monoisotopic (exact) mass is 289 g/mol. The molecule has 0 saturated carbocycles. The fourth-order valence-corrected chi connectivity index (χ4v) is 2.62. The summed E-state index contributed by atoms with van der Waals surface area (Å²) in [6.07, 6.45) is -1.93. The van der Waals surface area contributed by atoms with Gasteiger partial charge in [-0.3, -0.25) is 0 Å². The topological polar surface area (TPSA) is 41.5 Å². The molecular formula is C14H18F3NO2. The van der Waals surface area contributed by atoms with Crippen LogP contribution in [0.5, 0.6) is 11.5 Å². The zero-order valence-electron chi connectivity index (χ0n) is 11.3. The van der Waals surface area contributed by atoms with Gasteiger partial charge in [-0.25, -0.2) is 0 Å². The summed E-state index contributed by atoms with van der Waals surface area (Å²) in [4.78, 5) is 0. The minimum atomic E-state index is -4.53. The Labute approximate surface area is 115 Å². The lowest BCUT2D eigenvalue weighted by Gasteiger charge is -2.24. The van der Waals surface area contributed by atoms with Gasteiger partial charge in [-0.05, 0) is 49.9 Å². The summed E-state index contributed by atoms with van der Waals surface area (Å²) in [5.41, 5.74) is -0.438. The van der Waals surface area contributed by atoms with Gasteiger partial charge in [0.05, 0.1) is 7.11 Å². The Morgan fingerprint density at radius 3 is 2.70 bits per heavy atom. The number of hydrogen-bond donors (Lipinski definition) is 2. The van der Waals surface area contributed by atoms with Crippen molar-refractivity contribution in [2.75, 3.05) is 20.2 Å². The Kier molecular flexibility index (Phi) is 4.42. The summed E-state index contributed by atoms with van der Waals surface area (Å²) in [5.74, 6) is -0.553. The van der Waals surface area contributed by atoms with Gasteiger partial charge in [0.15, 0.2) is 11.5 Å². The number of methoxy groups -OCH3 is 1. The van der Waals surface area contributed by atoms with Gasteiger partial charge in [-0.15, -0.1) is 0 Å². The van der Waals surface area contributed by atoms with E-state index in [2.05, 4.69) is 5.32 Å². The SMILES string of the molecule is COc1c(C(F)(F)F)ccc(CC2CCCNC2)c1O. The first-order chi connectivity index (χ1) is 9.43. The first kappa shape index (κ1) is 15.0. The van der Waals surface area contributed by atoms with Gasteiger partial charge < -0.3 is 15.2 Å². The van der Waals surface area contributed by atoms with Crippen molar-refractivity contribution in [2.45, 2.75) is 25.4 Å². The molecule has 1 fully saturated rings. The number of phenolic OH excluding ortho intramolecular Hbond substituents is 1. The van der Waals surface area contributed by atoms with Gasteiger partial charge in [0.1, 0.15) is 5.56 Å². The van der Waals surface area contributed by atoms with E-state index < -0.39 is 23.2 Å². The molecule has 1 unspecified atom stereocenters. The summed E-state index contributed by atoms with van der Waals surface area (Å²) in [6.45, 7) is 1.79. The first-order valence-electron chi connectivity index (χ1n) is 6.60. The standard InChI is InChI=1S/C14H18F3NO2/c1-20-13-11(14(15,16)17)5-4-10(12(13)19)7-9-3-2-6-18-8-9/h4-5,9,18-19H,2-3,6-8H2,1H3. The highest BCUT2D eigenvalue weighted by atomic mass is 19.4. The number of halogens is 3. The molecule has 1 aliphatic rings. The van der Waals surface area contributed by atoms with Crippen molar-refractivity contribution in [2.24, 2.45) is 5.92 Å². The smallest absolute Gasteiger partial charge is 0.420 e. The minimum Gasteiger partial charge on any atom is -0.504 e. The van der Waals surface area contributed by atoms with Crippen LogP contribution in [-0.2, 0) is 12.6 Å². The molecule has 0 aromatic heterocycles. The van der Waals surface area contributed by atoms with E-state index in [1.54, 1.807) is 0 Å². The molecule has 20 heavy (non-hydrogen) atoms. The summed E-state index contributed by atoms with van der Waals surface area (Å²) < 4.78 is 43.2. The van der Waals surface area contributed by atoms with Gasteiger partial charge in [0.2, 0.25) is 0 Å². The number of aromatic hydroxyl groups is 1. The van der Waals surface area contributed by atoms with E-state index in [4.69, 9.17) is 4.74 Å². The maximum atomic E-state index is 12.8. The molecule has 1 aromatic carbocycles. The van der Waals surface area contributed by atoms with Crippen LogP contribution in [0.15, 0.2) is 12.1 Å². The molecule has 0 bridgehead atoms. The van der Waals surface area contributed by atoms with Crippen LogP contribution < -0.4 is 10.1 Å². The number of nitrogens with one attached hydrogen (secondary N) is 1. The van der Waals surface area contributed by atoms with Gasteiger partial charge in [0.25, 0.3) is 0 Å². The molecule has 112 valence electrons. The molecular weight excluding hydrogens is 271 g/mol.